The Hall–Kier alpha value is -4.64. The number of fused-ring (bicyclic) bond motifs is 2. The molecule has 0 spiro atoms. The van der Waals surface area contributed by atoms with Gasteiger partial charge in [0.15, 0.2) is 11.5 Å². The lowest BCUT2D eigenvalue weighted by atomic mass is 10.1. The van der Waals surface area contributed by atoms with Gasteiger partial charge in [-0.2, -0.15) is 9.97 Å². The van der Waals surface area contributed by atoms with Crippen molar-refractivity contribution in [3.63, 3.8) is 0 Å². The first kappa shape index (κ1) is 26.6. The van der Waals surface area contributed by atoms with Gasteiger partial charge >= 0.3 is 0 Å². The fourth-order valence-electron chi connectivity index (χ4n) is 5.15. The molecule has 11 nitrogen and oxygen atoms in total. The number of ether oxygens (including phenoxy) is 2. The maximum absolute atomic E-state index is 12.5. The molecule has 1 atom stereocenters. The van der Waals surface area contributed by atoms with Crippen molar-refractivity contribution in [1.29, 1.82) is 0 Å². The Morgan fingerprint density at radius 2 is 2.00 bits per heavy atom. The number of hydrogen-bond donors (Lipinski definition) is 4. The first-order valence-electron chi connectivity index (χ1n) is 13.7. The van der Waals surface area contributed by atoms with E-state index in [1.807, 2.05) is 31.3 Å². The highest BCUT2D eigenvalue weighted by Crippen LogP contribution is 2.38. The minimum Gasteiger partial charge on any atom is -0.495 e. The molecule has 2 aromatic carbocycles. The summed E-state index contributed by atoms with van der Waals surface area (Å²) < 4.78 is 17.8. The number of hydrogen-bond acceptors (Lipinski definition) is 9. The van der Waals surface area contributed by atoms with Gasteiger partial charge in [-0.1, -0.05) is 6.07 Å². The number of carbonyl (C=O) groups is 1. The molecule has 41 heavy (non-hydrogen) atoms. The van der Waals surface area contributed by atoms with Crippen LogP contribution in [0.25, 0.3) is 33.3 Å². The lowest BCUT2D eigenvalue weighted by molar-refractivity contribution is 0.0922. The third kappa shape index (κ3) is 5.40. The number of benzene rings is 2. The molecule has 1 saturated carbocycles. The number of rotatable bonds is 9. The summed E-state index contributed by atoms with van der Waals surface area (Å²) in [6, 6.07) is 10.6. The van der Waals surface area contributed by atoms with E-state index in [1.54, 1.807) is 25.1 Å². The van der Waals surface area contributed by atoms with Crippen LogP contribution < -0.4 is 20.1 Å². The molecule has 4 N–H and O–H groups in total. The molecule has 212 valence electrons. The fraction of sp³-hybridized carbons (Fsp3) is 0.333. The topological polar surface area (TPSA) is 147 Å². The van der Waals surface area contributed by atoms with E-state index < -0.39 is 0 Å². The number of oxazole rings is 1. The number of amides is 1. The first-order valence-corrected chi connectivity index (χ1v) is 13.7. The summed E-state index contributed by atoms with van der Waals surface area (Å²) in [7, 11) is 1.53. The maximum Gasteiger partial charge on any atom is 0.251 e. The van der Waals surface area contributed by atoms with Crippen molar-refractivity contribution >= 4 is 39.7 Å². The molecule has 0 radical (unpaired) electrons. The Kier molecular flexibility index (Phi) is 7.19. The number of anilines is 2. The van der Waals surface area contributed by atoms with E-state index in [1.165, 1.54) is 7.11 Å². The molecule has 3 heterocycles. The molecular formula is C30H32N6O5. The van der Waals surface area contributed by atoms with E-state index in [-0.39, 0.29) is 24.7 Å². The van der Waals surface area contributed by atoms with Crippen molar-refractivity contribution in [2.24, 2.45) is 0 Å². The molecule has 11 heteroatoms. The van der Waals surface area contributed by atoms with E-state index in [4.69, 9.17) is 23.9 Å². The SMILES string of the molecule is COc1cc(C(=O)N[C@H](C)CO)ccc1Nc1nc(OC2CCCC2)c2c(-c3ccc4nc(C)oc4c3)c[nH]c2n1. The summed E-state index contributed by atoms with van der Waals surface area (Å²) in [6.45, 7) is 3.40. The standard InChI is InChI=1S/C30H32N6O5/c1-16(15-37)32-28(38)19-9-11-22(24(13-19)39-3)34-30-35-27-26(29(36-30)41-20-6-4-5-7-20)21(14-31-27)18-8-10-23-25(12-18)40-17(2)33-23/h8-14,16,20,37H,4-7,15H2,1-3H3,(H,32,38)(H2,31,34,35,36)/t16-/m1/s1. The van der Waals surface area contributed by atoms with Crippen LogP contribution >= 0.6 is 0 Å². The van der Waals surface area contributed by atoms with E-state index in [9.17, 15) is 9.90 Å². The predicted octanol–water partition coefficient (Wildman–Crippen LogP) is 5.26. The number of nitrogens with one attached hydrogen (secondary N) is 3. The monoisotopic (exact) mass is 556 g/mol. The van der Waals surface area contributed by atoms with Gasteiger partial charge in [0.05, 0.1) is 24.8 Å². The normalized spacial score (nSPS) is 14.4. The van der Waals surface area contributed by atoms with Crippen LogP contribution in [0.4, 0.5) is 11.6 Å². The van der Waals surface area contributed by atoms with Crippen LogP contribution in [0.3, 0.4) is 0 Å². The molecule has 0 bridgehead atoms. The zero-order valence-corrected chi connectivity index (χ0v) is 23.2. The molecular weight excluding hydrogens is 524 g/mol. The average molecular weight is 557 g/mol. The minimum absolute atomic E-state index is 0.0803. The Morgan fingerprint density at radius 1 is 1.17 bits per heavy atom. The van der Waals surface area contributed by atoms with Crippen LogP contribution in [0.15, 0.2) is 47.0 Å². The van der Waals surface area contributed by atoms with Crippen molar-refractivity contribution in [1.82, 2.24) is 25.3 Å². The van der Waals surface area contributed by atoms with Gasteiger partial charge in [-0.25, -0.2) is 4.98 Å². The number of carbonyl (C=O) groups excluding carboxylic acids is 1. The quantitative estimate of drug-likeness (QED) is 0.191. The molecule has 3 aromatic heterocycles. The Bertz CT molecular complexity index is 1720. The number of methoxy groups -OCH3 is 1. The molecule has 0 saturated heterocycles. The van der Waals surface area contributed by atoms with Gasteiger partial charge in [0, 0.05) is 30.3 Å². The summed E-state index contributed by atoms with van der Waals surface area (Å²) in [5, 5.41) is 16.0. The van der Waals surface area contributed by atoms with Crippen LogP contribution in [0.2, 0.25) is 0 Å². The molecule has 1 aliphatic rings. The molecule has 0 aliphatic heterocycles. The van der Waals surface area contributed by atoms with Gasteiger partial charge in [0.25, 0.3) is 5.91 Å². The van der Waals surface area contributed by atoms with Crippen molar-refractivity contribution in [3.8, 4) is 22.8 Å². The summed E-state index contributed by atoms with van der Waals surface area (Å²) in [4.78, 5) is 29.8. The van der Waals surface area contributed by atoms with E-state index >= 15 is 0 Å². The van der Waals surface area contributed by atoms with Crippen molar-refractivity contribution < 1.29 is 23.8 Å². The third-order valence-electron chi connectivity index (χ3n) is 7.25. The number of aromatic amines is 1. The fourth-order valence-corrected chi connectivity index (χ4v) is 5.15. The van der Waals surface area contributed by atoms with E-state index in [0.717, 1.165) is 47.7 Å². The minimum atomic E-state index is -0.364. The van der Waals surface area contributed by atoms with Crippen molar-refractivity contribution in [3.05, 3.63) is 54.0 Å². The summed E-state index contributed by atoms with van der Waals surface area (Å²) in [6.07, 6.45) is 6.18. The number of aliphatic hydroxyl groups is 1. The zero-order chi connectivity index (χ0) is 28.5. The van der Waals surface area contributed by atoms with Crippen LogP contribution in [0.1, 0.15) is 48.9 Å². The van der Waals surface area contributed by atoms with Crippen LogP contribution in [-0.4, -0.2) is 56.8 Å². The second-order valence-electron chi connectivity index (χ2n) is 10.3. The van der Waals surface area contributed by atoms with Gasteiger partial charge in [-0.05, 0) is 68.5 Å². The van der Waals surface area contributed by atoms with E-state index in [2.05, 4.69) is 20.6 Å². The van der Waals surface area contributed by atoms with Gasteiger partial charge in [-0.15, -0.1) is 0 Å². The van der Waals surface area contributed by atoms with Gasteiger partial charge < -0.3 is 34.6 Å². The number of aliphatic hydroxyl groups excluding tert-OH is 1. The highest BCUT2D eigenvalue weighted by atomic mass is 16.5. The largest absolute Gasteiger partial charge is 0.495 e. The smallest absolute Gasteiger partial charge is 0.251 e. The summed E-state index contributed by atoms with van der Waals surface area (Å²) >= 11 is 0. The predicted molar refractivity (Wildman–Crippen MR) is 155 cm³/mol. The molecule has 1 aliphatic carbocycles. The highest BCUT2D eigenvalue weighted by Gasteiger charge is 2.23. The Labute approximate surface area is 236 Å². The number of aryl methyl sites for hydroxylation is 1. The van der Waals surface area contributed by atoms with Gasteiger partial charge in [0.1, 0.15) is 23.0 Å². The van der Waals surface area contributed by atoms with Gasteiger partial charge in [-0.3, -0.25) is 4.79 Å². The Morgan fingerprint density at radius 3 is 2.78 bits per heavy atom. The maximum atomic E-state index is 12.5. The first-order chi connectivity index (χ1) is 19.9. The lowest BCUT2D eigenvalue weighted by Crippen LogP contribution is -2.34. The van der Waals surface area contributed by atoms with Crippen LogP contribution in [-0.2, 0) is 0 Å². The summed E-state index contributed by atoms with van der Waals surface area (Å²) in [5.74, 6) is 1.56. The number of nitrogens with zero attached hydrogens (tertiary/aromatic N) is 3. The van der Waals surface area contributed by atoms with E-state index in [0.29, 0.717) is 45.9 Å². The average Bonchev–Trinajstić information content (AvgIpc) is 3.72. The molecule has 6 rings (SSSR count). The lowest BCUT2D eigenvalue weighted by Gasteiger charge is -2.16. The molecule has 1 fully saturated rings. The molecule has 5 aromatic rings. The van der Waals surface area contributed by atoms with Crippen LogP contribution in [0.5, 0.6) is 11.6 Å². The number of aromatic nitrogens is 4. The second-order valence-corrected chi connectivity index (χ2v) is 10.3. The van der Waals surface area contributed by atoms with Gasteiger partial charge in [0.2, 0.25) is 11.8 Å². The van der Waals surface area contributed by atoms with Crippen LogP contribution in [0, 0.1) is 6.92 Å². The second kappa shape index (κ2) is 11.1. The molecule has 0 unspecified atom stereocenters. The summed E-state index contributed by atoms with van der Waals surface area (Å²) in [5.41, 5.74) is 4.96. The van der Waals surface area contributed by atoms with Crippen molar-refractivity contribution in [2.45, 2.75) is 51.7 Å². The highest BCUT2D eigenvalue weighted by molar-refractivity contribution is 5.99. The Balaban J connectivity index is 1.37. The zero-order valence-electron chi connectivity index (χ0n) is 23.2. The number of H-pyrrole nitrogens is 1. The molecule has 1 amide bonds. The third-order valence-corrected chi connectivity index (χ3v) is 7.25. The van der Waals surface area contributed by atoms with Crippen molar-refractivity contribution in [2.75, 3.05) is 19.0 Å².